The Labute approximate surface area is 206 Å². The van der Waals surface area contributed by atoms with E-state index in [0.29, 0.717) is 0 Å². The van der Waals surface area contributed by atoms with Gasteiger partial charge in [-0.2, -0.15) is 0 Å². The summed E-state index contributed by atoms with van der Waals surface area (Å²) in [5.41, 5.74) is 17.8. The Morgan fingerprint density at radius 3 is 2.14 bits per heavy atom. The van der Waals surface area contributed by atoms with Crippen LogP contribution in [0.1, 0.15) is 39.2 Å². The summed E-state index contributed by atoms with van der Waals surface area (Å²) in [6.45, 7) is 15.8. The normalized spacial score (nSPS) is 12.9. The first kappa shape index (κ1) is 20.6. The van der Waals surface area contributed by atoms with E-state index in [-0.39, 0.29) is 6.71 Å². The molecule has 0 fully saturated rings. The molecule has 0 spiro atoms. The standard InChI is InChI=1S/C30H27BN4/c1-14-13-22-28-25(15(14)2)31-24-19(6)17(4)16(3)18(5)23(24)27-26(31)30(35(28)20(7)32-22)34-29(33-27)21-11-9-8-10-12-21/h8-13H,1-7H3. The molecule has 170 valence electrons. The van der Waals surface area contributed by atoms with Crippen molar-refractivity contribution in [2.75, 3.05) is 0 Å². The average Bonchev–Trinajstić information content (AvgIpc) is 3.37. The summed E-state index contributed by atoms with van der Waals surface area (Å²) >= 11 is 0. The largest absolute Gasteiger partial charge is 0.281 e. The van der Waals surface area contributed by atoms with Crippen molar-refractivity contribution in [2.24, 2.45) is 0 Å². The van der Waals surface area contributed by atoms with E-state index >= 15 is 0 Å². The van der Waals surface area contributed by atoms with E-state index in [4.69, 9.17) is 15.0 Å². The number of benzene rings is 3. The summed E-state index contributed by atoms with van der Waals surface area (Å²) < 4.78 is 2.29. The lowest BCUT2D eigenvalue weighted by Crippen LogP contribution is -2.55. The van der Waals surface area contributed by atoms with Gasteiger partial charge in [0, 0.05) is 5.56 Å². The molecule has 0 aliphatic carbocycles. The van der Waals surface area contributed by atoms with Crippen LogP contribution < -0.4 is 16.4 Å². The molecular weight excluding hydrogens is 427 g/mol. The summed E-state index contributed by atoms with van der Waals surface area (Å²) in [5, 5.41) is 0. The number of aromatic nitrogens is 4. The molecule has 7 rings (SSSR count). The van der Waals surface area contributed by atoms with Crippen LogP contribution in [0.4, 0.5) is 0 Å². The van der Waals surface area contributed by atoms with Crippen molar-refractivity contribution in [2.45, 2.75) is 48.5 Å². The van der Waals surface area contributed by atoms with Gasteiger partial charge in [-0.1, -0.05) is 46.9 Å². The zero-order valence-corrected chi connectivity index (χ0v) is 21.3. The van der Waals surface area contributed by atoms with E-state index in [1.54, 1.807) is 0 Å². The van der Waals surface area contributed by atoms with Crippen LogP contribution in [-0.2, 0) is 0 Å². The second-order valence-electron chi connectivity index (χ2n) is 10.3. The molecule has 0 amide bonds. The maximum absolute atomic E-state index is 5.29. The number of imidazole rings is 1. The molecule has 4 nitrogen and oxygen atoms in total. The highest BCUT2D eigenvalue weighted by molar-refractivity contribution is 7.01. The van der Waals surface area contributed by atoms with E-state index in [2.05, 4.69) is 83.4 Å². The van der Waals surface area contributed by atoms with Crippen molar-refractivity contribution in [3.8, 4) is 28.5 Å². The summed E-state index contributed by atoms with van der Waals surface area (Å²) in [5.74, 6) is 2.73. The molecule has 5 heteroatoms. The molecule has 0 atom stereocenters. The van der Waals surface area contributed by atoms with Gasteiger partial charge in [0.1, 0.15) is 11.6 Å². The van der Waals surface area contributed by atoms with E-state index in [1.807, 2.05) is 6.07 Å². The van der Waals surface area contributed by atoms with Gasteiger partial charge in [-0.15, -0.1) is 0 Å². The van der Waals surface area contributed by atoms with Gasteiger partial charge >= 0.3 is 0 Å². The molecule has 0 saturated heterocycles. The molecule has 35 heavy (non-hydrogen) atoms. The number of fused-ring (bicyclic) bond motifs is 5. The summed E-state index contributed by atoms with van der Waals surface area (Å²) in [6.07, 6.45) is 0. The van der Waals surface area contributed by atoms with Gasteiger partial charge in [-0.05, 0) is 93.3 Å². The zero-order valence-electron chi connectivity index (χ0n) is 21.3. The van der Waals surface area contributed by atoms with Gasteiger partial charge in [0.2, 0.25) is 0 Å². The second-order valence-corrected chi connectivity index (χ2v) is 10.3. The second kappa shape index (κ2) is 6.69. The number of hydrogen-bond donors (Lipinski definition) is 0. The molecule has 5 aromatic rings. The van der Waals surface area contributed by atoms with Crippen molar-refractivity contribution >= 4 is 34.1 Å². The van der Waals surface area contributed by atoms with Crippen LogP contribution in [0.2, 0.25) is 0 Å². The molecule has 2 aliphatic heterocycles. The lowest BCUT2D eigenvalue weighted by molar-refractivity contribution is 0.954. The van der Waals surface area contributed by atoms with Crippen LogP contribution >= 0.6 is 0 Å². The molecule has 4 heterocycles. The number of aryl methyl sites for hydroxylation is 2. The van der Waals surface area contributed by atoms with Crippen molar-refractivity contribution in [3.63, 3.8) is 0 Å². The average molecular weight is 454 g/mol. The van der Waals surface area contributed by atoms with Crippen LogP contribution in [0.15, 0.2) is 36.4 Å². The monoisotopic (exact) mass is 454 g/mol. The van der Waals surface area contributed by atoms with Crippen molar-refractivity contribution in [3.05, 3.63) is 75.6 Å². The van der Waals surface area contributed by atoms with Crippen LogP contribution in [0.5, 0.6) is 0 Å². The fourth-order valence-electron chi connectivity index (χ4n) is 6.47. The van der Waals surface area contributed by atoms with Crippen LogP contribution in [0, 0.1) is 48.5 Å². The first-order chi connectivity index (χ1) is 16.8. The minimum Gasteiger partial charge on any atom is -0.281 e. The quantitative estimate of drug-likeness (QED) is 0.344. The first-order valence-corrected chi connectivity index (χ1v) is 12.4. The number of nitrogens with zero attached hydrogens (tertiary/aromatic N) is 4. The Kier molecular flexibility index (Phi) is 3.94. The Morgan fingerprint density at radius 1 is 0.686 bits per heavy atom. The molecule has 2 aromatic heterocycles. The topological polar surface area (TPSA) is 43.6 Å². The summed E-state index contributed by atoms with van der Waals surface area (Å²) in [6, 6.07) is 12.6. The summed E-state index contributed by atoms with van der Waals surface area (Å²) in [7, 11) is 0. The smallest absolute Gasteiger partial charge is 0.253 e. The van der Waals surface area contributed by atoms with E-state index in [0.717, 1.165) is 34.2 Å². The predicted octanol–water partition coefficient (Wildman–Crippen LogP) is 4.45. The van der Waals surface area contributed by atoms with Crippen molar-refractivity contribution in [1.29, 1.82) is 0 Å². The molecule has 0 saturated carbocycles. The molecule has 0 N–H and O–H groups in total. The zero-order chi connectivity index (χ0) is 24.3. The third-order valence-electron chi connectivity index (χ3n) is 8.68. The molecule has 0 bridgehead atoms. The maximum Gasteiger partial charge on any atom is 0.253 e. The van der Waals surface area contributed by atoms with Crippen LogP contribution in [-0.4, -0.2) is 26.2 Å². The molecule has 3 aromatic carbocycles. The highest BCUT2D eigenvalue weighted by Gasteiger charge is 2.46. The lowest BCUT2D eigenvalue weighted by Gasteiger charge is -2.26. The number of rotatable bonds is 1. The predicted molar refractivity (Wildman–Crippen MR) is 145 cm³/mol. The Hall–Kier alpha value is -3.73. The minimum atomic E-state index is 0.129. The maximum atomic E-state index is 5.29. The highest BCUT2D eigenvalue weighted by atomic mass is 15.2. The molecule has 0 unspecified atom stereocenters. The Bertz CT molecular complexity index is 1760. The van der Waals surface area contributed by atoms with Gasteiger partial charge in [0.05, 0.1) is 16.7 Å². The van der Waals surface area contributed by atoms with E-state index in [9.17, 15) is 0 Å². The van der Waals surface area contributed by atoms with Crippen molar-refractivity contribution in [1.82, 2.24) is 19.5 Å². The van der Waals surface area contributed by atoms with Gasteiger partial charge < -0.3 is 0 Å². The molecule has 2 aliphatic rings. The van der Waals surface area contributed by atoms with Gasteiger partial charge in [-0.25, -0.2) is 15.0 Å². The van der Waals surface area contributed by atoms with Crippen molar-refractivity contribution < 1.29 is 0 Å². The Morgan fingerprint density at radius 2 is 1.40 bits per heavy atom. The van der Waals surface area contributed by atoms with Gasteiger partial charge in [0.25, 0.3) is 6.71 Å². The number of hydrogen-bond acceptors (Lipinski definition) is 3. The first-order valence-electron chi connectivity index (χ1n) is 12.4. The van der Waals surface area contributed by atoms with Gasteiger partial charge in [0.15, 0.2) is 5.82 Å². The van der Waals surface area contributed by atoms with Gasteiger partial charge in [-0.3, -0.25) is 4.57 Å². The summed E-state index contributed by atoms with van der Waals surface area (Å²) in [4.78, 5) is 15.5. The highest BCUT2D eigenvalue weighted by Crippen LogP contribution is 2.37. The third-order valence-corrected chi connectivity index (χ3v) is 8.68. The van der Waals surface area contributed by atoms with E-state index in [1.165, 1.54) is 60.8 Å². The SMILES string of the molecule is Cc1cc2nc(C)n3c2c(c1C)B1c2c(nc(-c4ccccc4)nc2-3)-c2c(C)c(C)c(C)c(C)c21. The van der Waals surface area contributed by atoms with E-state index < -0.39 is 0 Å². The fourth-order valence-corrected chi connectivity index (χ4v) is 6.47. The van der Waals surface area contributed by atoms with Crippen LogP contribution in [0.3, 0.4) is 0 Å². The molecular formula is C30H27BN4. The van der Waals surface area contributed by atoms with Crippen LogP contribution in [0.25, 0.3) is 39.5 Å². The molecule has 0 radical (unpaired) electrons. The fraction of sp³-hybridized carbons (Fsp3) is 0.233. The third kappa shape index (κ3) is 2.41. The lowest BCUT2D eigenvalue weighted by atomic mass is 9.36. The Balaban J connectivity index is 1.74. The minimum absolute atomic E-state index is 0.129.